The van der Waals surface area contributed by atoms with Gasteiger partial charge in [0, 0.05) is 36.3 Å². The molecule has 0 unspecified atom stereocenters. The molecule has 6 nitrogen and oxygen atoms in total. The van der Waals surface area contributed by atoms with Gasteiger partial charge in [-0.15, -0.1) is 0 Å². The molecule has 1 fully saturated rings. The molecule has 0 spiro atoms. The van der Waals surface area contributed by atoms with E-state index in [0.29, 0.717) is 23.9 Å². The zero-order chi connectivity index (χ0) is 16.3. The Hall–Kier alpha value is -1.34. The van der Waals surface area contributed by atoms with Crippen molar-refractivity contribution in [3.05, 3.63) is 28.8 Å². The highest BCUT2D eigenvalue weighted by molar-refractivity contribution is 6.30. The van der Waals surface area contributed by atoms with Crippen LogP contribution >= 0.6 is 11.6 Å². The van der Waals surface area contributed by atoms with Gasteiger partial charge in [-0.3, -0.25) is 4.90 Å². The monoisotopic (exact) mass is 328 g/mol. The Kier molecular flexibility index (Phi) is 5.63. The lowest BCUT2D eigenvalue weighted by molar-refractivity contribution is -0.139. The third-order valence-electron chi connectivity index (χ3n) is 3.77. The zero-order valence-electron chi connectivity index (χ0n) is 12.7. The van der Waals surface area contributed by atoms with Gasteiger partial charge in [-0.1, -0.05) is 11.6 Å². The second-order valence-electron chi connectivity index (χ2n) is 5.73. The number of aliphatic carboxylic acids is 1. The van der Waals surface area contributed by atoms with Gasteiger partial charge in [0.1, 0.15) is 5.75 Å². The van der Waals surface area contributed by atoms with Gasteiger partial charge >= 0.3 is 5.97 Å². The standard InChI is InChI=1S/C15H21ClN2O4/c1-17(2)12-7-18(8-13(12)19)6-10-5-11(16)3-4-14(10)22-9-15(20)21/h3-5,12-13,19H,6-9H2,1-2H3,(H,20,21)/t12-,13-/m1/s1. The molecule has 0 aromatic heterocycles. The summed E-state index contributed by atoms with van der Waals surface area (Å²) in [5.74, 6) is -0.514. The molecule has 22 heavy (non-hydrogen) atoms. The number of aliphatic hydroxyl groups is 1. The van der Waals surface area contributed by atoms with Gasteiger partial charge in [0.15, 0.2) is 6.61 Å². The molecule has 0 saturated carbocycles. The van der Waals surface area contributed by atoms with E-state index in [4.69, 9.17) is 21.4 Å². The van der Waals surface area contributed by atoms with Crippen LogP contribution in [-0.2, 0) is 11.3 Å². The van der Waals surface area contributed by atoms with Crippen LogP contribution in [0.15, 0.2) is 18.2 Å². The minimum atomic E-state index is -1.02. The maximum Gasteiger partial charge on any atom is 0.341 e. The highest BCUT2D eigenvalue weighted by Crippen LogP contribution is 2.26. The minimum Gasteiger partial charge on any atom is -0.482 e. The van der Waals surface area contributed by atoms with E-state index in [9.17, 15) is 9.90 Å². The van der Waals surface area contributed by atoms with Gasteiger partial charge in [-0.25, -0.2) is 4.79 Å². The van der Waals surface area contributed by atoms with Crippen molar-refractivity contribution in [2.24, 2.45) is 0 Å². The molecule has 0 aliphatic carbocycles. The number of carbonyl (C=O) groups is 1. The number of carboxylic acids is 1. The molecule has 7 heteroatoms. The number of hydrogen-bond donors (Lipinski definition) is 2. The third-order valence-corrected chi connectivity index (χ3v) is 4.00. The normalized spacial score (nSPS) is 22.2. The van der Waals surface area contributed by atoms with Crippen molar-refractivity contribution in [2.45, 2.75) is 18.7 Å². The maximum atomic E-state index is 10.7. The lowest BCUT2D eigenvalue weighted by Gasteiger charge is -2.22. The Balaban J connectivity index is 2.08. The smallest absolute Gasteiger partial charge is 0.341 e. The van der Waals surface area contributed by atoms with Crippen LogP contribution in [0.3, 0.4) is 0 Å². The Morgan fingerprint density at radius 1 is 1.45 bits per heavy atom. The number of β-amino-alcohol motifs (C(OH)–C–C–N with tert-alkyl or cyclic N) is 1. The summed E-state index contributed by atoms with van der Waals surface area (Å²) in [6, 6.07) is 5.21. The summed E-state index contributed by atoms with van der Waals surface area (Å²) in [6.07, 6.45) is -0.405. The Morgan fingerprint density at radius 3 is 2.77 bits per heavy atom. The Bertz CT molecular complexity index is 538. The van der Waals surface area contributed by atoms with Crippen LogP contribution in [0.25, 0.3) is 0 Å². The molecule has 1 aliphatic rings. The SMILES string of the molecule is CN(C)[C@@H]1CN(Cc2cc(Cl)ccc2OCC(=O)O)C[C@H]1O. The summed E-state index contributed by atoms with van der Waals surface area (Å²) >= 11 is 6.02. The molecule has 2 N–H and O–H groups in total. The van der Waals surface area contributed by atoms with E-state index in [1.54, 1.807) is 18.2 Å². The first-order chi connectivity index (χ1) is 10.4. The zero-order valence-corrected chi connectivity index (χ0v) is 13.5. The second-order valence-corrected chi connectivity index (χ2v) is 6.16. The highest BCUT2D eigenvalue weighted by atomic mass is 35.5. The molecule has 2 atom stereocenters. The fraction of sp³-hybridized carbons (Fsp3) is 0.533. The van der Waals surface area contributed by atoms with E-state index in [1.165, 1.54) is 0 Å². The van der Waals surface area contributed by atoms with Crippen molar-refractivity contribution in [2.75, 3.05) is 33.8 Å². The average Bonchev–Trinajstić information content (AvgIpc) is 2.78. The summed E-state index contributed by atoms with van der Waals surface area (Å²) in [7, 11) is 3.89. The highest BCUT2D eigenvalue weighted by Gasteiger charge is 2.32. The van der Waals surface area contributed by atoms with Crippen LogP contribution < -0.4 is 4.74 Å². The van der Waals surface area contributed by atoms with Crippen LogP contribution in [0.4, 0.5) is 0 Å². The molecule has 1 aliphatic heterocycles. The average molecular weight is 329 g/mol. The second kappa shape index (κ2) is 7.28. The molecular weight excluding hydrogens is 308 g/mol. The number of ether oxygens (including phenoxy) is 1. The number of hydrogen-bond acceptors (Lipinski definition) is 5. The summed E-state index contributed by atoms with van der Waals surface area (Å²) in [4.78, 5) is 14.8. The number of aliphatic hydroxyl groups excluding tert-OH is 1. The first kappa shape index (κ1) is 17.0. The van der Waals surface area contributed by atoms with Gasteiger partial charge in [0.2, 0.25) is 0 Å². The number of benzene rings is 1. The lowest BCUT2D eigenvalue weighted by atomic mass is 10.2. The molecule has 0 bridgehead atoms. The summed E-state index contributed by atoms with van der Waals surface area (Å²) in [5, 5.41) is 19.4. The molecule has 122 valence electrons. The molecule has 1 aromatic rings. The van der Waals surface area contributed by atoms with Crippen molar-refractivity contribution in [3.63, 3.8) is 0 Å². The summed E-state index contributed by atoms with van der Waals surface area (Å²) in [5.41, 5.74) is 0.820. The first-order valence-electron chi connectivity index (χ1n) is 7.06. The van der Waals surface area contributed by atoms with Gasteiger partial charge in [-0.2, -0.15) is 0 Å². The largest absolute Gasteiger partial charge is 0.482 e. The van der Waals surface area contributed by atoms with Crippen molar-refractivity contribution in [1.82, 2.24) is 9.80 Å². The van der Waals surface area contributed by atoms with Crippen LogP contribution in [0, 0.1) is 0 Å². The number of nitrogens with zero attached hydrogens (tertiary/aromatic N) is 2. The fourth-order valence-corrected chi connectivity index (χ4v) is 2.87. The van der Waals surface area contributed by atoms with Crippen molar-refractivity contribution in [3.8, 4) is 5.75 Å². The topological polar surface area (TPSA) is 73.2 Å². The van der Waals surface area contributed by atoms with Gasteiger partial charge in [0.05, 0.1) is 6.10 Å². The lowest BCUT2D eigenvalue weighted by Crippen LogP contribution is -2.37. The molecule has 1 heterocycles. The van der Waals surface area contributed by atoms with Gasteiger partial charge in [0.25, 0.3) is 0 Å². The predicted molar refractivity (Wildman–Crippen MR) is 83.3 cm³/mol. The van der Waals surface area contributed by atoms with Crippen LogP contribution in [0.2, 0.25) is 5.02 Å². The molecule has 2 rings (SSSR count). The molecule has 1 aromatic carbocycles. The molecule has 1 saturated heterocycles. The van der Waals surface area contributed by atoms with Gasteiger partial charge in [-0.05, 0) is 32.3 Å². The number of rotatable bonds is 6. The van der Waals surface area contributed by atoms with Gasteiger partial charge < -0.3 is 19.8 Å². The van der Waals surface area contributed by atoms with Crippen LogP contribution in [0.1, 0.15) is 5.56 Å². The van der Waals surface area contributed by atoms with Crippen molar-refractivity contribution >= 4 is 17.6 Å². The minimum absolute atomic E-state index is 0.0857. The molecular formula is C15H21ClN2O4. The molecule has 0 radical (unpaired) electrons. The quantitative estimate of drug-likeness (QED) is 0.808. The van der Waals surface area contributed by atoms with E-state index in [0.717, 1.165) is 12.1 Å². The predicted octanol–water partition coefficient (Wildman–Crippen LogP) is 0.910. The van der Waals surface area contributed by atoms with E-state index in [2.05, 4.69) is 4.90 Å². The number of likely N-dealkylation sites (N-methyl/N-ethyl adjacent to an activating group) is 1. The Labute approximate surface area is 134 Å². The maximum absolute atomic E-state index is 10.7. The summed E-state index contributed by atoms with van der Waals surface area (Å²) < 4.78 is 5.31. The van der Waals surface area contributed by atoms with E-state index in [1.807, 2.05) is 19.0 Å². The van der Waals surface area contributed by atoms with E-state index < -0.39 is 18.7 Å². The van der Waals surface area contributed by atoms with E-state index >= 15 is 0 Å². The van der Waals surface area contributed by atoms with Crippen LogP contribution in [0.5, 0.6) is 5.75 Å². The van der Waals surface area contributed by atoms with Crippen LogP contribution in [-0.4, -0.2) is 71.9 Å². The van der Waals surface area contributed by atoms with Crippen molar-refractivity contribution < 1.29 is 19.7 Å². The van der Waals surface area contributed by atoms with Crippen molar-refractivity contribution in [1.29, 1.82) is 0 Å². The number of likely N-dealkylation sites (tertiary alicyclic amines) is 1. The first-order valence-corrected chi connectivity index (χ1v) is 7.44. The number of carboxylic acid groups (broad SMARTS) is 1. The third kappa shape index (κ3) is 4.33. The van der Waals surface area contributed by atoms with E-state index in [-0.39, 0.29) is 6.04 Å². The Morgan fingerprint density at radius 2 is 2.18 bits per heavy atom. The summed E-state index contributed by atoms with van der Waals surface area (Å²) in [6.45, 7) is 1.46. The molecule has 0 amide bonds. The number of halogens is 1. The fourth-order valence-electron chi connectivity index (χ4n) is 2.68.